The third-order valence-corrected chi connectivity index (χ3v) is 16.0. The molecule has 0 fully saturated rings. The van der Waals surface area contributed by atoms with E-state index in [1.807, 2.05) is 27.2 Å². The number of phosphoric acid groups is 1. The van der Waals surface area contributed by atoms with E-state index < -0.39 is 26.6 Å². The molecular weight excluding hydrogens is 960 g/mol. The molecule has 448 valence electrons. The summed E-state index contributed by atoms with van der Waals surface area (Å²) in [4.78, 5) is 25.6. The summed E-state index contributed by atoms with van der Waals surface area (Å²) < 4.78 is 23.4. The zero-order valence-corrected chi connectivity index (χ0v) is 52.1. The lowest BCUT2D eigenvalue weighted by Gasteiger charge is -2.29. The molecular formula is C67H129N2O6P. The maximum atomic E-state index is 13.0. The first-order valence-corrected chi connectivity index (χ1v) is 34.5. The molecule has 0 heterocycles. The predicted octanol–water partition coefficient (Wildman–Crippen LogP) is 20.0. The number of hydrogen-bond acceptors (Lipinski definition) is 6. The fourth-order valence-corrected chi connectivity index (χ4v) is 10.6. The molecule has 0 aliphatic carbocycles. The van der Waals surface area contributed by atoms with Gasteiger partial charge in [-0.25, -0.2) is 0 Å². The summed E-state index contributed by atoms with van der Waals surface area (Å²) in [6.07, 6.45) is 78.0. The average molecular weight is 1090 g/mol. The highest BCUT2D eigenvalue weighted by Gasteiger charge is 2.23. The Morgan fingerprint density at radius 3 is 1.07 bits per heavy atom. The van der Waals surface area contributed by atoms with Crippen LogP contribution in [0.5, 0.6) is 0 Å². The lowest BCUT2D eigenvalue weighted by Crippen LogP contribution is -2.45. The zero-order chi connectivity index (χ0) is 55.6. The van der Waals surface area contributed by atoms with Crippen LogP contribution in [-0.2, 0) is 18.4 Å². The molecule has 0 aromatic heterocycles. The van der Waals surface area contributed by atoms with Crippen molar-refractivity contribution < 1.29 is 32.9 Å². The van der Waals surface area contributed by atoms with Gasteiger partial charge in [0.05, 0.1) is 39.9 Å². The van der Waals surface area contributed by atoms with Crippen molar-refractivity contribution in [1.82, 2.24) is 5.32 Å². The molecule has 0 bridgehead atoms. The van der Waals surface area contributed by atoms with Crippen LogP contribution in [-0.4, -0.2) is 68.5 Å². The average Bonchev–Trinajstić information content (AvgIpc) is 3.38. The Balaban J connectivity index is 4.08. The van der Waals surface area contributed by atoms with E-state index in [9.17, 15) is 19.4 Å². The van der Waals surface area contributed by atoms with Gasteiger partial charge in [0.25, 0.3) is 7.82 Å². The summed E-state index contributed by atoms with van der Waals surface area (Å²) in [6, 6.07) is -0.910. The van der Waals surface area contributed by atoms with Crippen molar-refractivity contribution in [2.75, 3.05) is 40.9 Å². The van der Waals surface area contributed by atoms with E-state index in [1.165, 1.54) is 257 Å². The van der Waals surface area contributed by atoms with Gasteiger partial charge in [-0.15, -0.1) is 0 Å². The summed E-state index contributed by atoms with van der Waals surface area (Å²) in [5.74, 6) is -0.206. The second-order valence-electron chi connectivity index (χ2n) is 23.8. The molecule has 3 unspecified atom stereocenters. The fraction of sp³-hybridized carbons (Fsp3) is 0.866. The lowest BCUT2D eigenvalue weighted by molar-refractivity contribution is -0.870. The maximum absolute atomic E-state index is 13.0. The van der Waals surface area contributed by atoms with Gasteiger partial charge in [-0.1, -0.05) is 294 Å². The molecule has 0 aliphatic heterocycles. The Hall–Kier alpha value is -1.54. The van der Waals surface area contributed by atoms with E-state index in [2.05, 4.69) is 55.6 Å². The van der Waals surface area contributed by atoms with E-state index in [-0.39, 0.29) is 12.5 Å². The van der Waals surface area contributed by atoms with E-state index >= 15 is 0 Å². The minimum absolute atomic E-state index is 0.00816. The van der Waals surface area contributed by atoms with Crippen molar-refractivity contribution in [2.24, 2.45) is 0 Å². The van der Waals surface area contributed by atoms with Crippen molar-refractivity contribution in [3.8, 4) is 0 Å². The summed E-state index contributed by atoms with van der Waals surface area (Å²) >= 11 is 0. The molecule has 0 spiro atoms. The van der Waals surface area contributed by atoms with Gasteiger partial charge in [0.2, 0.25) is 5.91 Å². The van der Waals surface area contributed by atoms with Crippen LogP contribution in [0.2, 0.25) is 0 Å². The molecule has 0 saturated heterocycles. The number of likely N-dealkylation sites (N-methyl/N-ethyl adjacent to an activating group) is 1. The molecule has 0 aromatic rings. The number of quaternary nitrogens is 1. The van der Waals surface area contributed by atoms with E-state index in [0.29, 0.717) is 17.4 Å². The quantitative estimate of drug-likeness (QED) is 0.0272. The molecule has 8 nitrogen and oxygen atoms in total. The number of allylic oxidation sites excluding steroid dienone is 7. The van der Waals surface area contributed by atoms with E-state index in [0.717, 1.165) is 44.9 Å². The number of amides is 1. The Morgan fingerprint density at radius 2 is 0.737 bits per heavy atom. The molecule has 0 radical (unpaired) electrons. The van der Waals surface area contributed by atoms with Gasteiger partial charge >= 0.3 is 0 Å². The number of carbonyl (C=O) groups excluding carboxylic acids is 1. The van der Waals surface area contributed by atoms with Crippen molar-refractivity contribution in [3.63, 3.8) is 0 Å². The second kappa shape index (κ2) is 58.1. The Kier molecular flexibility index (Phi) is 56.9. The topological polar surface area (TPSA) is 108 Å². The number of nitrogens with zero attached hydrogens (tertiary/aromatic N) is 1. The van der Waals surface area contributed by atoms with Crippen molar-refractivity contribution in [3.05, 3.63) is 48.6 Å². The van der Waals surface area contributed by atoms with Gasteiger partial charge < -0.3 is 28.8 Å². The molecule has 0 aliphatic rings. The van der Waals surface area contributed by atoms with Crippen LogP contribution in [0.1, 0.15) is 322 Å². The van der Waals surface area contributed by atoms with Crippen LogP contribution >= 0.6 is 7.82 Å². The van der Waals surface area contributed by atoms with Crippen LogP contribution in [0.4, 0.5) is 0 Å². The largest absolute Gasteiger partial charge is 0.756 e. The second-order valence-corrected chi connectivity index (χ2v) is 25.2. The molecule has 0 saturated carbocycles. The van der Waals surface area contributed by atoms with Gasteiger partial charge in [-0.05, 0) is 70.6 Å². The standard InChI is InChI=1S/C67H129N2O6P/c1-6-8-10-12-14-16-18-20-22-24-26-28-29-30-31-32-33-34-35-36-37-38-39-41-43-45-47-49-51-53-55-57-59-61-67(71)68-65(64-75-76(72,73)74-63-62-69(3,4)5)66(70)60-58-56-54-52-50-48-46-44-42-40-27-25-23-21-19-17-15-13-11-9-7-2/h24,26,42,44,50,52,58,60,65-66,70H,6-23,25,27-41,43,45-49,51,53-57,59,61-64H2,1-5H3,(H-,68,71,72,73)/b26-24-,44-42+,52-50+,60-58+. The predicted molar refractivity (Wildman–Crippen MR) is 330 cm³/mol. The van der Waals surface area contributed by atoms with Crippen molar-refractivity contribution in [1.29, 1.82) is 0 Å². The molecule has 1 amide bonds. The lowest BCUT2D eigenvalue weighted by atomic mass is 10.0. The summed E-state index contributed by atoms with van der Waals surface area (Å²) in [5, 5.41) is 13.9. The molecule has 76 heavy (non-hydrogen) atoms. The molecule has 3 atom stereocenters. The maximum Gasteiger partial charge on any atom is 0.268 e. The highest BCUT2D eigenvalue weighted by Crippen LogP contribution is 2.38. The summed E-state index contributed by atoms with van der Waals surface area (Å²) in [6.45, 7) is 4.66. The van der Waals surface area contributed by atoms with Crippen LogP contribution in [0.15, 0.2) is 48.6 Å². The van der Waals surface area contributed by atoms with Crippen LogP contribution in [0, 0.1) is 0 Å². The van der Waals surface area contributed by atoms with Crippen LogP contribution < -0.4 is 10.2 Å². The van der Waals surface area contributed by atoms with Gasteiger partial charge in [0.15, 0.2) is 0 Å². The van der Waals surface area contributed by atoms with Crippen LogP contribution in [0.3, 0.4) is 0 Å². The molecule has 0 rings (SSSR count). The smallest absolute Gasteiger partial charge is 0.268 e. The fourth-order valence-electron chi connectivity index (χ4n) is 9.83. The Bertz CT molecular complexity index is 1380. The van der Waals surface area contributed by atoms with Crippen LogP contribution in [0.25, 0.3) is 0 Å². The molecule has 2 N–H and O–H groups in total. The van der Waals surface area contributed by atoms with E-state index in [1.54, 1.807) is 6.08 Å². The highest BCUT2D eigenvalue weighted by atomic mass is 31.2. The SMILES string of the molecule is CCCCCCCCCC/C=C\CCCCCCCCCCCCCCCCCCCCCCCC(=O)NC(COP(=O)([O-])OCC[N+](C)(C)C)C(O)/C=C/CC/C=C/CC/C=C/CCCCCCCCCCCCC. The molecule has 9 heteroatoms. The van der Waals surface area contributed by atoms with Gasteiger partial charge in [-0.3, -0.25) is 9.36 Å². The third kappa shape index (κ3) is 60.1. The Labute approximate surface area is 473 Å². The van der Waals surface area contributed by atoms with Gasteiger partial charge in [0.1, 0.15) is 13.2 Å². The number of rotatable bonds is 61. The zero-order valence-electron chi connectivity index (χ0n) is 51.2. The number of aliphatic hydroxyl groups is 1. The highest BCUT2D eigenvalue weighted by molar-refractivity contribution is 7.45. The first kappa shape index (κ1) is 74.5. The minimum atomic E-state index is -4.61. The summed E-state index contributed by atoms with van der Waals surface area (Å²) in [7, 11) is 1.25. The number of phosphoric ester groups is 1. The van der Waals surface area contributed by atoms with Crippen molar-refractivity contribution in [2.45, 2.75) is 334 Å². The first-order chi connectivity index (χ1) is 37.0. The number of carbonyl (C=O) groups is 1. The molecule has 0 aromatic carbocycles. The van der Waals surface area contributed by atoms with Crippen molar-refractivity contribution >= 4 is 13.7 Å². The minimum Gasteiger partial charge on any atom is -0.756 e. The summed E-state index contributed by atoms with van der Waals surface area (Å²) in [5.41, 5.74) is 0. The number of nitrogens with one attached hydrogen (secondary N) is 1. The number of unbranched alkanes of at least 4 members (excludes halogenated alkanes) is 42. The van der Waals surface area contributed by atoms with Gasteiger partial charge in [0, 0.05) is 6.42 Å². The number of aliphatic hydroxyl groups excluding tert-OH is 1. The normalized spacial score (nSPS) is 14.0. The van der Waals surface area contributed by atoms with E-state index in [4.69, 9.17) is 9.05 Å². The van der Waals surface area contributed by atoms with Gasteiger partial charge in [-0.2, -0.15) is 0 Å². The monoisotopic (exact) mass is 1090 g/mol. The Morgan fingerprint density at radius 1 is 0.447 bits per heavy atom. The first-order valence-electron chi connectivity index (χ1n) is 33.0. The number of hydrogen-bond donors (Lipinski definition) is 2. The third-order valence-electron chi connectivity index (χ3n) is 15.0.